The third kappa shape index (κ3) is 4.55. The summed E-state index contributed by atoms with van der Waals surface area (Å²) < 4.78 is 15.9. The van der Waals surface area contributed by atoms with Crippen LogP contribution in [0.5, 0.6) is 5.75 Å². The van der Waals surface area contributed by atoms with Gasteiger partial charge in [-0.3, -0.25) is 4.79 Å². The van der Waals surface area contributed by atoms with Gasteiger partial charge in [-0.1, -0.05) is 42.5 Å². The van der Waals surface area contributed by atoms with E-state index < -0.39 is 18.0 Å². The predicted octanol–water partition coefficient (Wildman–Crippen LogP) is 4.22. The highest BCUT2D eigenvalue weighted by Gasteiger charge is 2.26. The third-order valence-electron chi connectivity index (χ3n) is 3.77. The number of carbonyl (C=O) groups is 2. The molecule has 6 heteroatoms. The summed E-state index contributed by atoms with van der Waals surface area (Å²) in [7, 11) is 0. The van der Waals surface area contributed by atoms with Gasteiger partial charge in [0.05, 0.1) is 24.1 Å². The number of hydrogen-bond acceptors (Lipinski definition) is 5. The molecule has 0 aliphatic carbocycles. The number of nitrogens with one attached hydrogen (secondary N) is 1. The smallest absolute Gasteiger partial charge is 0.342 e. The van der Waals surface area contributed by atoms with E-state index in [0.29, 0.717) is 23.6 Å². The highest BCUT2D eigenvalue weighted by atomic mass is 16.5. The van der Waals surface area contributed by atoms with Crippen LogP contribution in [0.25, 0.3) is 0 Å². The average Bonchev–Trinajstić information content (AvgIpc) is 3.23. The molecule has 1 amide bonds. The van der Waals surface area contributed by atoms with Crippen LogP contribution in [0.2, 0.25) is 0 Å². The average molecular weight is 365 g/mol. The molecule has 0 fully saturated rings. The van der Waals surface area contributed by atoms with E-state index in [9.17, 15) is 9.59 Å². The second-order valence-electron chi connectivity index (χ2n) is 5.63. The molecule has 138 valence electrons. The first-order chi connectivity index (χ1) is 13.2. The highest BCUT2D eigenvalue weighted by molar-refractivity contribution is 5.98. The summed E-state index contributed by atoms with van der Waals surface area (Å²) in [5.74, 6) is -0.586. The molecule has 0 radical (unpaired) electrons. The quantitative estimate of drug-likeness (QED) is 0.635. The molecular weight excluding hydrogens is 346 g/mol. The number of benzene rings is 2. The summed E-state index contributed by atoms with van der Waals surface area (Å²) in [5, 5.41) is 2.78. The van der Waals surface area contributed by atoms with Crippen LogP contribution in [0.15, 0.2) is 77.6 Å². The Bertz CT molecular complexity index is 890. The third-order valence-corrected chi connectivity index (χ3v) is 3.77. The number of para-hydroxylation sites is 2. The van der Waals surface area contributed by atoms with E-state index in [1.807, 2.05) is 19.1 Å². The first kappa shape index (κ1) is 18.3. The Kier molecular flexibility index (Phi) is 5.89. The van der Waals surface area contributed by atoms with E-state index >= 15 is 0 Å². The minimum Gasteiger partial charge on any atom is -0.492 e. The number of hydrogen-bond donors (Lipinski definition) is 1. The molecule has 0 aliphatic rings. The molecule has 1 aromatic heterocycles. The van der Waals surface area contributed by atoms with Crippen molar-refractivity contribution in [2.45, 2.75) is 13.0 Å². The van der Waals surface area contributed by atoms with E-state index in [2.05, 4.69) is 5.32 Å². The van der Waals surface area contributed by atoms with Crippen molar-refractivity contribution >= 4 is 17.6 Å². The lowest BCUT2D eigenvalue weighted by Crippen LogP contribution is -2.26. The van der Waals surface area contributed by atoms with Crippen molar-refractivity contribution in [1.29, 1.82) is 0 Å². The van der Waals surface area contributed by atoms with Gasteiger partial charge < -0.3 is 19.2 Å². The van der Waals surface area contributed by atoms with Gasteiger partial charge in [0.2, 0.25) is 6.10 Å². The van der Waals surface area contributed by atoms with Crippen molar-refractivity contribution in [1.82, 2.24) is 0 Å². The zero-order valence-electron chi connectivity index (χ0n) is 14.8. The van der Waals surface area contributed by atoms with Gasteiger partial charge in [-0.05, 0) is 25.1 Å². The maximum Gasteiger partial charge on any atom is 0.342 e. The Morgan fingerprint density at radius 1 is 1.04 bits per heavy atom. The first-order valence-electron chi connectivity index (χ1n) is 8.50. The standard InChI is InChI=1S/C21H19NO5/c1-2-26-18-11-7-6-10-17(18)22-20(23)19(15-8-4-3-5-9-15)27-21(24)16-12-13-25-14-16/h3-14,19H,2H2,1H3,(H,22,23). The summed E-state index contributed by atoms with van der Waals surface area (Å²) >= 11 is 0. The summed E-state index contributed by atoms with van der Waals surface area (Å²) in [4.78, 5) is 25.2. The van der Waals surface area contributed by atoms with Gasteiger partial charge in [0, 0.05) is 5.56 Å². The number of anilines is 1. The molecule has 0 saturated heterocycles. The van der Waals surface area contributed by atoms with Gasteiger partial charge >= 0.3 is 5.97 Å². The monoisotopic (exact) mass is 365 g/mol. The Balaban J connectivity index is 1.84. The lowest BCUT2D eigenvalue weighted by atomic mass is 10.1. The van der Waals surface area contributed by atoms with Crippen molar-refractivity contribution < 1.29 is 23.5 Å². The fourth-order valence-corrected chi connectivity index (χ4v) is 2.51. The van der Waals surface area contributed by atoms with Gasteiger partial charge in [-0.25, -0.2) is 4.79 Å². The van der Waals surface area contributed by atoms with Gasteiger partial charge in [0.15, 0.2) is 0 Å². The molecule has 6 nitrogen and oxygen atoms in total. The van der Waals surface area contributed by atoms with Crippen LogP contribution < -0.4 is 10.1 Å². The molecule has 1 unspecified atom stereocenters. The second kappa shape index (κ2) is 8.71. The van der Waals surface area contributed by atoms with Crippen molar-refractivity contribution in [3.63, 3.8) is 0 Å². The van der Waals surface area contributed by atoms with E-state index in [4.69, 9.17) is 13.9 Å². The van der Waals surface area contributed by atoms with Gasteiger partial charge in [-0.15, -0.1) is 0 Å². The zero-order chi connectivity index (χ0) is 19.1. The Hall–Kier alpha value is -3.54. The molecule has 3 aromatic rings. The molecule has 1 atom stereocenters. The molecule has 27 heavy (non-hydrogen) atoms. The minimum absolute atomic E-state index is 0.235. The van der Waals surface area contributed by atoms with Crippen LogP contribution in [0.3, 0.4) is 0 Å². The lowest BCUT2D eigenvalue weighted by molar-refractivity contribution is -0.125. The van der Waals surface area contributed by atoms with Gasteiger partial charge in [0.1, 0.15) is 12.0 Å². The largest absolute Gasteiger partial charge is 0.492 e. The topological polar surface area (TPSA) is 77.8 Å². The van der Waals surface area contributed by atoms with E-state index in [0.717, 1.165) is 0 Å². The lowest BCUT2D eigenvalue weighted by Gasteiger charge is -2.19. The number of esters is 1. The molecular formula is C21H19NO5. The molecule has 1 heterocycles. The molecule has 0 bridgehead atoms. The molecule has 0 saturated carbocycles. The maximum absolute atomic E-state index is 12.9. The molecule has 0 spiro atoms. The number of rotatable bonds is 7. The van der Waals surface area contributed by atoms with Crippen molar-refractivity contribution in [3.8, 4) is 5.75 Å². The predicted molar refractivity (Wildman–Crippen MR) is 99.5 cm³/mol. The fourth-order valence-electron chi connectivity index (χ4n) is 2.51. The first-order valence-corrected chi connectivity index (χ1v) is 8.50. The summed E-state index contributed by atoms with van der Waals surface area (Å²) in [5.41, 5.74) is 1.30. The number of amides is 1. The summed E-state index contributed by atoms with van der Waals surface area (Å²) in [6, 6.07) is 17.4. The summed E-state index contributed by atoms with van der Waals surface area (Å²) in [6.07, 6.45) is 1.52. The van der Waals surface area contributed by atoms with Crippen LogP contribution in [0.4, 0.5) is 5.69 Å². The Morgan fingerprint density at radius 3 is 2.48 bits per heavy atom. The fraction of sp³-hybridized carbons (Fsp3) is 0.143. The number of ether oxygens (including phenoxy) is 2. The number of furan rings is 1. The van der Waals surface area contributed by atoms with Crippen molar-refractivity contribution in [2.75, 3.05) is 11.9 Å². The highest BCUT2D eigenvalue weighted by Crippen LogP contribution is 2.27. The SMILES string of the molecule is CCOc1ccccc1NC(=O)C(OC(=O)c1ccoc1)c1ccccc1. The van der Waals surface area contributed by atoms with E-state index in [1.165, 1.54) is 18.6 Å². The van der Waals surface area contributed by atoms with Crippen LogP contribution in [0.1, 0.15) is 28.9 Å². The van der Waals surface area contributed by atoms with Gasteiger partial charge in [0.25, 0.3) is 5.91 Å². The molecule has 3 rings (SSSR count). The molecule has 0 aliphatic heterocycles. The zero-order valence-corrected chi connectivity index (χ0v) is 14.8. The van der Waals surface area contributed by atoms with E-state index in [1.54, 1.807) is 42.5 Å². The van der Waals surface area contributed by atoms with E-state index in [-0.39, 0.29) is 5.56 Å². The Labute approximate surface area is 156 Å². The van der Waals surface area contributed by atoms with Crippen LogP contribution in [0, 0.1) is 0 Å². The number of carbonyl (C=O) groups excluding carboxylic acids is 2. The minimum atomic E-state index is -1.12. The maximum atomic E-state index is 12.9. The molecule has 2 aromatic carbocycles. The van der Waals surface area contributed by atoms with Crippen molar-refractivity contribution in [2.24, 2.45) is 0 Å². The van der Waals surface area contributed by atoms with Crippen molar-refractivity contribution in [3.05, 3.63) is 84.3 Å². The van der Waals surface area contributed by atoms with Crippen LogP contribution in [-0.4, -0.2) is 18.5 Å². The van der Waals surface area contributed by atoms with Crippen LogP contribution in [-0.2, 0) is 9.53 Å². The Morgan fingerprint density at radius 2 is 1.78 bits per heavy atom. The normalized spacial score (nSPS) is 11.4. The molecule has 1 N–H and O–H groups in total. The van der Waals surface area contributed by atoms with Gasteiger partial charge in [-0.2, -0.15) is 0 Å². The summed E-state index contributed by atoms with van der Waals surface area (Å²) in [6.45, 7) is 2.32. The van der Waals surface area contributed by atoms with Crippen LogP contribution >= 0.6 is 0 Å². The second-order valence-corrected chi connectivity index (χ2v) is 5.63.